The van der Waals surface area contributed by atoms with Gasteiger partial charge in [-0.15, -0.1) is 0 Å². The zero-order valence-corrected chi connectivity index (χ0v) is 11.2. The minimum Gasteiger partial charge on any atom is -0.459 e. The lowest BCUT2D eigenvalue weighted by Crippen LogP contribution is -2.50. The lowest BCUT2D eigenvalue weighted by molar-refractivity contribution is -0.125. The Morgan fingerprint density at radius 1 is 1.55 bits per heavy atom. The molecule has 1 saturated heterocycles. The third-order valence-corrected chi connectivity index (χ3v) is 3.09. The molecule has 0 aromatic carbocycles. The molecule has 108 valence electrons. The maximum atomic E-state index is 11.9. The summed E-state index contributed by atoms with van der Waals surface area (Å²) >= 11 is 0. The fourth-order valence-corrected chi connectivity index (χ4v) is 2.00. The number of furan rings is 1. The Hall–Kier alpha value is -2.31. The van der Waals surface area contributed by atoms with E-state index in [0.717, 1.165) is 0 Å². The summed E-state index contributed by atoms with van der Waals surface area (Å²) in [6, 6.07) is 3.09. The highest BCUT2D eigenvalue weighted by Crippen LogP contribution is 2.05. The molecule has 7 nitrogen and oxygen atoms in total. The van der Waals surface area contributed by atoms with Gasteiger partial charge in [0.15, 0.2) is 5.76 Å². The van der Waals surface area contributed by atoms with Crippen LogP contribution in [0.3, 0.4) is 0 Å². The Kier molecular flexibility index (Phi) is 4.39. The van der Waals surface area contributed by atoms with Gasteiger partial charge in [0, 0.05) is 26.1 Å². The first-order valence-electron chi connectivity index (χ1n) is 6.41. The molecule has 2 heterocycles. The summed E-state index contributed by atoms with van der Waals surface area (Å²) in [5.74, 6) is -0.401. The molecule has 1 aliphatic heterocycles. The molecule has 0 saturated carbocycles. The number of likely N-dealkylation sites (N-methyl/N-ethyl adjacent to an activating group) is 1. The van der Waals surface area contributed by atoms with Crippen LogP contribution < -0.4 is 10.6 Å². The van der Waals surface area contributed by atoms with Gasteiger partial charge < -0.3 is 20.0 Å². The van der Waals surface area contributed by atoms with Gasteiger partial charge in [-0.2, -0.15) is 0 Å². The van der Waals surface area contributed by atoms with Crippen LogP contribution in [0.25, 0.3) is 0 Å². The average molecular weight is 279 g/mol. The van der Waals surface area contributed by atoms with Crippen molar-refractivity contribution in [1.82, 2.24) is 15.5 Å². The van der Waals surface area contributed by atoms with E-state index in [1.807, 2.05) is 0 Å². The molecule has 7 heteroatoms. The summed E-state index contributed by atoms with van der Waals surface area (Å²) in [7, 11) is 1.53. The first-order valence-corrected chi connectivity index (χ1v) is 6.41. The van der Waals surface area contributed by atoms with Crippen molar-refractivity contribution in [2.24, 2.45) is 0 Å². The quantitative estimate of drug-likeness (QED) is 0.794. The Labute approximate surface area is 116 Å². The molecule has 1 aromatic heterocycles. The van der Waals surface area contributed by atoms with E-state index in [1.165, 1.54) is 18.2 Å². The molecule has 0 aliphatic carbocycles. The van der Waals surface area contributed by atoms with Crippen LogP contribution in [0.4, 0.5) is 0 Å². The van der Waals surface area contributed by atoms with E-state index in [1.54, 1.807) is 12.1 Å². The van der Waals surface area contributed by atoms with Crippen molar-refractivity contribution in [3.05, 3.63) is 24.2 Å². The average Bonchev–Trinajstić information content (AvgIpc) is 2.94. The highest BCUT2D eigenvalue weighted by Gasteiger charge is 2.22. The predicted molar refractivity (Wildman–Crippen MR) is 69.8 cm³/mol. The van der Waals surface area contributed by atoms with E-state index in [0.29, 0.717) is 19.4 Å². The Morgan fingerprint density at radius 3 is 2.95 bits per heavy atom. The number of amides is 3. The van der Waals surface area contributed by atoms with Crippen LogP contribution in [-0.4, -0.2) is 48.8 Å². The number of carbonyl (C=O) groups is 3. The van der Waals surface area contributed by atoms with Gasteiger partial charge in [-0.05, 0) is 18.6 Å². The molecule has 1 unspecified atom stereocenters. The first kappa shape index (κ1) is 14.1. The van der Waals surface area contributed by atoms with Crippen LogP contribution in [0, 0.1) is 0 Å². The van der Waals surface area contributed by atoms with Crippen LogP contribution in [0.2, 0.25) is 0 Å². The molecule has 2 N–H and O–H groups in total. The Bertz CT molecular complexity index is 488. The second-order valence-electron chi connectivity index (χ2n) is 4.75. The second kappa shape index (κ2) is 6.23. The number of piperidine rings is 1. The molecule has 0 radical (unpaired) electrons. The molecule has 1 fully saturated rings. The van der Waals surface area contributed by atoms with E-state index < -0.39 is 0 Å². The molecular formula is C13H17N3O4. The van der Waals surface area contributed by atoms with E-state index in [2.05, 4.69) is 10.6 Å². The zero-order valence-electron chi connectivity index (χ0n) is 11.2. The van der Waals surface area contributed by atoms with Gasteiger partial charge in [0.25, 0.3) is 5.91 Å². The van der Waals surface area contributed by atoms with Gasteiger partial charge in [-0.3, -0.25) is 14.4 Å². The Morgan fingerprint density at radius 2 is 2.35 bits per heavy atom. The maximum absolute atomic E-state index is 11.9. The minimum absolute atomic E-state index is 0.000569. The van der Waals surface area contributed by atoms with Crippen molar-refractivity contribution < 1.29 is 18.8 Å². The van der Waals surface area contributed by atoms with Gasteiger partial charge >= 0.3 is 0 Å². The lowest BCUT2D eigenvalue weighted by atomic mass is 10.1. The van der Waals surface area contributed by atoms with Crippen molar-refractivity contribution in [2.75, 3.05) is 20.1 Å². The largest absolute Gasteiger partial charge is 0.459 e. The zero-order chi connectivity index (χ0) is 14.5. The third-order valence-electron chi connectivity index (χ3n) is 3.09. The number of nitrogens with zero attached hydrogens (tertiary/aromatic N) is 1. The molecule has 2 rings (SSSR count). The predicted octanol–water partition coefficient (Wildman–Crippen LogP) is -0.254. The number of carbonyl (C=O) groups excluding carboxylic acids is 3. The maximum Gasteiger partial charge on any atom is 0.289 e. The number of nitrogens with one attached hydrogen (secondary N) is 2. The van der Waals surface area contributed by atoms with Crippen molar-refractivity contribution >= 4 is 17.7 Å². The van der Waals surface area contributed by atoms with Gasteiger partial charge in [-0.25, -0.2) is 0 Å². The van der Waals surface area contributed by atoms with Crippen LogP contribution in [0.1, 0.15) is 23.4 Å². The summed E-state index contributed by atoms with van der Waals surface area (Å²) in [4.78, 5) is 36.0. The highest BCUT2D eigenvalue weighted by molar-refractivity contribution is 5.94. The Balaban J connectivity index is 1.79. The summed E-state index contributed by atoms with van der Waals surface area (Å²) in [6.07, 6.45) is 2.44. The van der Waals surface area contributed by atoms with Crippen LogP contribution in [0.15, 0.2) is 22.8 Å². The van der Waals surface area contributed by atoms with Crippen LogP contribution >= 0.6 is 0 Å². The monoisotopic (exact) mass is 279 g/mol. The molecule has 1 aromatic rings. The number of hydrogen-bond donors (Lipinski definition) is 2. The topological polar surface area (TPSA) is 91.7 Å². The first-order chi connectivity index (χ1) is 9.56. The van der Waals surface area contributed by atoms with E-state index in [-0.39, 0.29) is 36.1 Å². The summed E-state index contributed by atoms with van der Waals surface area (Å²) < 4.78 is 4.99. The minimum atomic E-state index is -0.345. The van der Waals surface area contributed by atoms with Crippen molar-refractivity contribution in [2.45, 2.75) is 18.9 Å². The fourth-order valence-electron chi connectivity index (χ4n) is 2.00. The summed E-state index contributed by atoms with van der Waals surface area (Å²) in [5.41, 5.74) is 0. The van der Waals surface area contributed by atoms with Gasteiger partial charge in [0.2, 0.25) is 11.8 Å². The lowest BCUT2D eigenvalue weighted by Gasteiger charge is -2.24. The van der Waals surface area contributed by atoms with Crippen LogP contribution in [0.5, 0.6) is 0 Å². The highest BCUT2D eigenvalue weighted by atomic mass is 16.3. The fraction of sp³-hybridized carbons (Fsp3) is 0.462. The summed E-state index contributed by atoms with van der Waals surface area (Å²) in [6.45, 7) is 0.379. The van der Waals surface area contributed by atoms with E-state index in [9.17, 15) is 14.4 Å². The summed E-state index contributed by atoms with van der Waals surface area (Å²) in [5, 5.41) is 5.48. The normalized spacial score (nSPS) is 18.2. The standard InChI is InChI=1S/C13H17N3O4/c1-16(13(19)10-3-2-6-20-10)8-12(18)15-9-4-5-11(17)14-7-9/h2-3,6,9H,4-5,7-8H2,1H3,(H,14,17)(H,15,18). The van der Waals surface area contributed by atoms with Crippen molar-refractivity contribution in [3.8, 4) is 0 Å². The van der Waals surface area contributed by atoms with Gasteiger partial charge in [0.1, 0.15) is 0 Å². The molecule has 3 amide bonds. The SMILES string of the molecule is CN(CC(=O)NC1CCC(=O)NC1)C(=O)c1ccco1. The van der Waals surface area contributed by atoms with Crippen molar-refractivity contribution in [1.29, 1.82) is 0 Å². The third kappa shape index (κ3) is 3.59. The molecule has 0 bridgehead atoms. The molecule has 20 heavy (non-hydrogen) atoms. The smallest absolute Gasteiger partial charge is 0.289 e. The molecular weight excluding hydrogens is 262 g/mol. The number of rotatable bonds is 4. The van der Waals surface area contributed by atoms with E-state index in [4.69, 9.17) is 4.42 Å². The second-order valence-corrected chi connectivity index (χ2v) is 4.75. The molecule has 1 aliphatic rings. The molecule has 0 spiro atoms. The van der Waals surface area contributed by atoms with Gasteiger partial charge in [-0.1, -0.05) is 0 Å². The molecule has 1 atom stereocenters. The van der Waals surface area contributed by atoms with Crippen molar-refractivity contribution in [3.63, 3.8) is 0 Å². The van der Waals surface area contributed by atoms with Gasteiger partial charge in [0.05, 0.1) is 12.8 Å². The number of hydrogen-bond acceptors (Lipinski definition) is 4. The van der Waals surface area contributed by atoms with E-state index >= 15 is 0 Å². The van der Waals surface area contributed by atoms with Crippen LogP contribution in [-0.2, 0) is 9.59 Å².